The first-order chi connectivity index (χ1) is 10.9. The molecule has 1 saturated heterocycles. The molecular weight excluding hydrogens is 309 g/mol. The molecule has 0 bridgehead atoms. The highest BCUT2D eigenvalue weighted by atomic mass is 19.4. The highest BCUT2D eigenvalue weighted by Crippen LogP contribution is 2.19. The van der Waals surface area contributed by atoms with Crippen LogP contribution in [0.2, 0.25) is 0 Å². The van der Waals surface area contributed by atoms with Gasteiger partial charge in [-0.05, 0) is 18.9 Å². The second-order valence-electron chi connectivity index (χ2n) is 5.76. The standard InChI is InChI=1S/C14H23F3N6/c1-11-7-20-23(8-11)6-4-19-13(18-2)21-12-3-5-22(9-12)10-14(15,16)17/h7-8,12H,3-6,9-10H2,1-2H3,(H2,18,19,21). The zero-order valence-electron chi connectivity index (χ0n) is 13.4. The van der Waals surface area contributed by atoms with Crippen molar-refractivity contribution >= 4 is 5.96 Å². The van der Waals surface area contributed by atoms with E-state index >= 15 is 0 Å². The molecule has 1 aliphatic rings. The maximum absolute atomic E-state index is 12.4. The summed E-state index contributed by atoms with van der Waals surface area (Å²) in [6.45, 7) is 3.28. The third kappa shape index (κ3) is 6.09. The Hall–Kier alpha value is -1.77. The van der Waals surface area contributed by atoms with Gasteiger partial charge in [-0.25, -0.2) is 0 Å². The number of rotatable bonds is 5. The summed E-state index contributed by atoms with van der Waals surface area (Å²) in [6.07, 6.45) is 0.274. The number of aryl methyl sites for hydroxylation is 1. The first-order valence-corrected chi connectivity index (χ1v) is 7.61. The van der Waals surface area contributed by atoms with Gasteiger partial charge in [0.2, 0.25) is 0 Å². The number of hydrogen-bond donors (Lipinski definition) is 2. The second kappa shape index (κ2) is 7.67. The van der Waals surface area contributed by atoms with E-state index in [0.717, 1.165) is 5.56 Å². The molecule has 1 aliphatic heterocycles. The largest absolute Gasteiger partial charge is 0.401 e. The fourth-order valence-corrected chi connectivity index (χ4v) is 2.61. The van der Waals surface area contributed by atoms with Crippen molar-refractivity contribution in [2.75, 3.05) is 33.2 Å². The van der Waals surface area contributed by atoms with Crippen molar-refractivity contribution in [1.82, 2.24) is 25.3 Å². The Labute approximate surface area is 133 Å². The Bertz CT molecular complexity index is 525. The van der Waals surface area contributed by atoms with E-state index in [2.05, 4.69) is 20.7 Å². The predicted molar refractivity (Wildman–Crippen MR) is 82.4 cm³/mol. The molecule has 130 valence electrons. The number of nitrogens with zero attached hydrogens (tertiary/aromatic N) is 4. The number of aromatic nitrogens is 2. The lowest BCUT2D eigenvalue weighted by Crippen LogP contribution is -2.45. The third-order valence-electron chi connectivity index (χ3n) is 3.64. The summed E-state index contributed by atoms with van der Waals surface area (Å²) in [4.78, 5) is 5.53. The number of halogens is 3. The number of hydrogen-bond acceptors (Lipinski definition) is 3. The monoisotopic (exact) mass is 332 g/mol. The van der Waals surface area contributed by atoms with Crippen LogP contribution in [0.3, 0.4) is 0 Å². The maximum Gasteiger partial charge on any atom is 0.401 e. The topological polar surface area (TPSA) is 57.5 Å². The van der Waals surface area contributed by atoms with Gasteiger partial charge in [-0.3, -0.25) is 14.6 Å². The van der Waals surface area contributed by atoms with Crippen LogP contribution in [0.1, 0.15) is 12.0 Å². The molecule has 2 N–H and O–H groups in total. The van der Waals surface area contributed by atoms with Gasteiger partial charge < -0.3 is 10.6 Å². The minimum absolute atomic E-state index is 0.0181. The van der Waals surface area contributed by atoms with Gasteiger partial charge in [-0.1, -0.05) is 0 Å². The molecule has 0 saturated carbocycles. The molecule has 0 aromatic carbocycles. The van der Waals surface area contributed by atoms with Crippen molar-refractivity contribution in [3.63, 3.8) is 0 Å². The highest BCUT2D eigenvalue weighted by Gasteiger charge is 2.34. The molecule has 6 nitrogen and oxygen atoms in total. The maximum atomic E-state index is 12.4. The summed E-state index contributed by atoms with van der Waals surface area (Å²) in [6, 6.07) is -0.0181. The Morgan fingerprint density at radius 3 is 2.87 bits per heavy atom. The van der Waals surface area contributed by atoms with Crippen LogP contribution < -0.4 is 10.6 Å². The molecule has 1 fully saturated rings. The molecule has 0 spiro atoms. The summed E-state index contributed by atoms with van der Waals surface area (Å²) < 4.78 is 39.0. The van der Waals surface area contributed by atoms with E-state index < -0.39 is 12.7 Å². The number of alkyl halides is 3. The van der Waals surface area contributed by atoms with Gasteiger partial charge in [0.25, 0.3) is 0 Å². The van der Waals surface area contributed by atoms with Crippen molar-refractivity contribution in [2.45, 2.75) is 32.1 Å². The zero-order chi connectivity index (χ0) is 16.9. The smallest absolute Gasteiger partial charge is 0.355 e. The summed E-state index contributed by atoms with van der Waals surface area (Å²) in [7, 11) is 1.65. The van der Waals surface area contributed by atoms with Gasteiger partial charge in [-0.2, -0.15) is 18.3 Å². The average Bonchev–Trinajstić information content (AvgIpc) is 3.05. The molecule has 0 amide bonds. The number of guanidine groups is 1. The Morgan fingerprint density at radius 1 is 1.48 bits per heavy atom. The lowest BCUT2D eigenvalue weighted by atomic mass is 10.3. The molecule has 1 unspecified atom stereocenters. The van der Waals surface area contributed by atoms with E-state index in [0.29, 0.717) is 38.6 Å². The molecule has 0 aliphatic carbocycles. The van der Waals surface area contributed by atoms with Crippen molar-refractivity contribution < 1.29 is 13.2 Å². The lowest BCUT2D eigenvalue weighted by molar-refractivity contribution is -0.143. The minimum Gasteiger partial charge on any atom is -0.355 e. The van der Waals surface area contributed by atoms with Crippen molar-refractivity contribution in [1.29, 1.82) is 0 Å². The van der Waals surface area contributed by atoms with E-state index in [4.69, 9.17) is 0 Å². The molecule has 1 aromatic heterocycles. The first kappa shape index (κ1) is 17.6. The molecule has 1 atom stereocenters. The van der Waals surface area contributed by atoms with E-state index in [1.807, 2.05) is 17.8 Å². The molecule has 9 heteroatoms. The van der Waals surface area contributed by atoms with Crippen LogP contribution in [0.15, 0.2) is 17.4 Å². The molecule has 2 rings (SSSR count). The van der Waals surface area contributed by atoms with E-state index in [-0.39, 0.29) is 6.04 Å². The molecular formula is C14H23F3N6. The van der Waals surface area contributed by atoms with E-state index in [1.54, 1.807) is 13.2 Å². The molecule has 1 aromatic rings. The average molecular weight is 332 g/mol. The third-order valence-corrected chi connectivity index (χ3v) is 3.64. The Morgan fingerprint density at radius 2 is 2.26 bits per heavy atom. The summed E-state index contributed by atoms with van der Waals surface area (Å²) >= 11 is 0. The van der Waals surface area contributed by atoms with Crippen LogP contribution in [0.25, 0.3) is 0 Å². The highest BCUT2D eigenvalue weighted by molar-refractivity contribution is 5.79. The van der Waals surface area contributed by atoms with Gasteiger partial charge in [0.05, 0.1) is 19.3 Å². The molecule has 0 radical (unpaired) electrons. The number of aliphatic imine (C=N–C) groups is 1. The summed E-state index contributed by atoms with van der Waals surface area (Å²) in [5, 5.41) is 10.5. The second-order valence-corrected chi connectivity index (χ2v) is 5.76. The first-order valence-electron chi connectivity index (χ1n) is 7.61. The van der Waals surface area contributed by atoms with Crippen LogP contribution in [-0.4, -0.2) is 66.1 Å². The fraction of sp³-hybridized carbons (Fsp3) is 0.714. The van der Waals surface area contributed by atoms with Crippen LogP contribution in [-0.2, 0) is 6.54 Å². The molecule has 2 heterocycles. The van der Waals surface area contributed by atoms with Gasteiger partial charge in [0.15, 0.2) is 5.96 Å². The van der Waals surface area contributed by atoms with E-state index in [9.17, 15) is 13.2 Å². The van der Waals surface area contributed by atoms with Crippen molar-refractivity contribution in [3.05, 3.63) is 18.0 Å². The van der Waals surface area contributed by atoms with Crippen LogP contribution >= 0.6 is 0 Å². The minimum atomic E-state index is -4.14. The Kier molecular flexibility index (Phi) is 5.86. The van der Waals surface area contributed by atoms with Gasteiger partial charge in [0.1, 0.15) is 0 Å². The van der Waals surface area contributed by atoms with Crippen LogP contribution in [0.5, 0.6) is 0 Å². The van der Waals surface area contributed by atoms with Crippen LogP contribution in [0.4, 0.5) is 13.2 Å². The predicted octanol–water partition coefficient (Wildman–Crippen LogP) is 0.993. The number of likely N-dealkylation sites (tertiary alicyclic amines) is 1. The van der Waals surface area contributed by atoms with E-state index in [1.165, 1.54) is 4.90 Å². The van der Waals surface area contributed by atoms with Gasteiger partial charge in [-0.15, -0.1) is 0 Å². The summed E-state index contributed by atoms with van der Waals surface area (Å²) in [5.74, 6) is 0.604. The molecule has 23 heavy (non-hydrogen) atoms. The van der Waals surface area contributed by atoms with Crippen LogP contribution in [0, 0.1) is 6.92 Å². The van der Waals surface area contributed by atoms with Crippen molar-refractivity contribution in [3.8, 4) is 0 Å². The quantitative estimate of drug-likeness (QED) is 0.624. The van der Waals surface area contributed by atoms with Gasteiger partial charge in [0, 0.05) is 38.9 Å². The SMILES string of the molecule is CN=C(NCCn1cc(C)cn1)NC1CCN(CC(F)(F)F)C1. The Balaban J connectivity index is 1.71. The zero-order valence-corrected chi connectivity index (χ0v) is 13.4. The normalized spacial score (nSPS) is 20.0. The van der Waals surface area contributed by atoms with Crippen molar-refractivity contribution in [2.24, 2.45) is 4.99 Å². The summed E-state index contributed by atoms with van der Waals surface area (Å²) in [5.41, 5.74) is 1.10. The van der Waals surface area contributed by atoms with Gasteiger partial charge >= 0.3 is 6.18 Å². The number of nitrogens with one attached hydrogen (secondary N) is 2. The fourth-order valence-electron chi connectivity index (χ4n) is 2.61. The lowest BCUT2D eigenvalue weighted by Gasteiger charge is -2.19.